The Kier molecular flexibility index (Phi) is 7.56. The fraction of sp³-hybridized carbons (Fsp3) is 0.167. The van der Waals surface area contributed by atoms with Crippen LogP contribution < -0.4 is 15.5 Å². The standard InChI is InChI=1S/C24H21Cl2F2N3O2/c1-30(11-10-27)21-13-14(16-12-15(23(29)32)6-8-17(16)25)7-9-20(21)31(2)24(33)22-18(26)4-3-5-19(22)28/h3-9,12-13H,10-11H2,1-2H3,(H2,29,32). The number of hydrogen-bond acceptors (Lipinski definition) is 3. The van der Waals surface area contributed by atoms with Crippen molar-refractivity contribution in [1.29, 1.82) is 0 Å². The molecule has 5 nitrogen and oxygen atoms in total. The lowest BCUT2D eigenvalue weighted by Crippen LogP contribution is -2.30. The first kappa shape index (κ1) is 24.5. The number of hydrogen-bond donors (Lipinski definition) is 1. The number of amides is 2. The van der Waals surface area contributed by atoms with Gasteiger partial charge in [-0.2, -0.15) is 0 Å². The van der Waals surface area contributed by atoms with Gasteiger partial charge in [0.2, 0.25) is 5.91 Å². The van der Waals surface area contributed by atoms with E-state index in [1.165, 1.54) is 30.1 Å². The zero-order valence-electron chi connectivity index (χ0n) is 17.9. The fourth-order valence-corrected chi connectivity index (χ4v) is 3.88. The number of nitrogens with two attached hydrogens (primary N) is 1. The number of halogens is 4. The highest BCUT2D eigenvalue weighted by atomic mass is 35.5. The molecule has 0 aliphatic heterocycles. The number of nitrogens with zero attached hydrogens (tertiary/aromatic N) is 2. The summed E-state index contributed by atoms with van der Waals surface area (Å²) in [7, 11) is 3.14. The van der Waals surface area contributed by atoms with Crippen LogP contribution in [-0.4, -0.2) is 39.1 Å². The van der Waals surface area contributed by atoms with Crippen LogP contribution in [0.3, 0.4) is 0 Å². The van der Waals surface area contributed by atoms with Crippen molar-refractivity contribution in [3.05, 3.63) is 81.6 Å². The van der Waals surface area contributed by atoms with Crippen LogP contribution >= 0.6 is 23.2 Å². The van der Waals surface area contributed by atoms with Crippen LogP contribution in [0.1, 0.15) is 20.7 Å². The van der Waals surface area contributed by atoms with E-state index in [0.29, 0.717) is 27.5 Å². The van der Waals surface area contributed by atoms with E-state index in [0.717, 1.165) is 6.07 Å². The number of rotatable bonds is 7. The molecule has 0 unspecified atom stereocenters. The molecule has 0 saturated carbocycles. The van der Waals surface area contributed by atoms with Crippen molar-refractivity contribution in [2.45, 2.75) is 0 Å². The summed E-state index contributed by atoms with van der Waals surface area (Å²) in [6, 6.07) is 13.7. The molecule has 0 aliphatic rings. The lowest BCUT2D eigenvalue weighted by molar-refractivity contribution is 0.0985. The minimum atomic E-state index is -0.746. The van der Waals surface area contributed by atoms with Crippen LogP contribution in [-0.2, 0) is 0 Å². The van der Waals surface area contributed by atoms with Crippen molar-refractivity contribution < 1.29 is 18.4 Å². The van der Waals surface area contributed by atoms with Crippen molar-refractivity contribution >= 4 is 46.4 Å². The minimum absolute atomic E-state index is 0.0165. The van der Waals surface area contributed by atoms with Crippen LogP contribution in [0.2, 0.25) is 10.0 Å². The van der Waals surface area contributed by atoms with E-state index in [9.17, 15) is 18.4 Å². The van der Waals surface area contributed by atoms with Gasteiger partial charge in [-0.15, -0.1) is 0 Å². The van der Waals surface area contributed by atoms with E-state index in [2.05, 4.69) is 0 Å². The maximum Gasteiger partial charge on any atom is 0.262 e. The predicted octanol–water partition coefficient (Wildman–Crippen LogP) is 5.58. The summed E-state index contributed by atoms with van der Waals surface area (Å²) < 4.78 is 27.5. The van der Waals surface area contributed by atoms with Crippen LogP contribution in [0.4, 0.5) is 20.2 Å². The number of alkyl halides is 1. The van der Waals surface area contributed by atoms with Gasteiger partial charge in [0, 0.05) is 36.8 Å². The lowest BCUT2D eigenvalue weighted by atomic mass is 10.0. The fourth-order valence-electron chi connectivity index (χ4n) is 3.41. The number of benzene rings is 3. The maximum atomic E-state index is 14.3. The molecule has 3 aromatic carbocycles. The second-order valence-electron chi connectivity index (χ2n) is 7.33. The molecule has 3 rings (SSSR count). The lowest BCUT2D eigenvalue weighted by Gasteiger charge is -2.27. The maximum absolute atomic E-state index is 14.3. The van der Waals surface area contributed by atoms with Gasteiger partial charge in [-0.25, -0.2) is 8.78 Å². The van der Waals surface area contributed by atoms with E-state index in [1.807, 2.05) is 0 Å². The first-order valence-electron chi connectivity index (χ1n) is 9.88. The van der Waals surface area contributed by atoms with Crippen molar-refractivity contribution in [3.63, 3.8) is 0 Å². The first-order chi connectivity index (χ1) is 15.6. The minimum Gasteiger partial charge on any atom is -0.370 e. The van der Waals surface area contributed by atoms with Crippen molar-refractivity contribution in [1.82, 2.24) is 0 Å². The highest BCUT2D eigenvalue weighted by molar-refractivity contribution is 6.34. The number of primary amides is 1. The molecule has 0 spiro atoms. The van der Waals surface area contributed by atoms with Crippen LogP contribution in [0, 0.1) is 5.82 Å². The molecule has 0 atom stereocenters. The van der Waals surface area contributed by atoms with Gasteiger partial charge in [0.1, 0.15) is 12.5 Å². The van der Waals surface area contributed by atoms with Crippen LogP contribution in [0.25, 0.3) is 11.1 Å². The van der Waals surface area contributed by atoms with Gasteiger partial charge in [0.15, 0.2) is 0 Å². The topological polar surface area (TPSA) is 66.6 Å². The third-order valence-electron chi connectivity index (χ3n) is 5.21. The van der Waals surface area contributed by atoms with E-state index in [1.54, 1.807) is 42.3 Å². The summed E-state index contributed by atoms with van der Waals surface area (Å²) in [5, 5.41) is 0.367. The Balaban J connectivity index is 2.12. The molecular weight excluding hydrogens is 471 g/mol. The highest BCUT2D eigenvalue weighted by Gasteiger charge is 2.24. The van der Waals surface area contributed by atoms with Crippen LogP contribution in [0.5, 0.6) is 0 Å². The molecule has 0 bridgehead atoms. The number of anilines is 2. The average Bonchev–Trinajstić information content (AvgIpc) is 2.78. The summed E-state index contributed by atoms with van der Waals surface area (Å²) in [5.41, 5.74) is 7.47. The van der Waals surface area contributed by atoms with Crippen LogP contribution in [0.15, 0.2) is 54.6 Å². The smallest absolute Gasteiger partial charge is 0.262 e. The molecule has 0 heterocycles. The molecule has 2 amide bonds. The van der Waals surface area contributed by atoms with Crippen molar-refractivity contribution in [3.8, 4) is 11.1 Å². The zero-order chi connectivity index (χ0) is 24.3. The quantitative estimate of drug-likeness (QED) is 0.468. The summed E-state index contributed by atoms with van der Waals surface area (Å²) in [6.07, 6.45) is 0. The summed E-state index contributed by atoms with van der Waals surface area (Å²) in [6.45, 7) is -0.580. The monoisotopic (exact) mass is 491 g/mol. The van der Waals surface area contributed by atoms with Gasteiger partial charge in [0.25, 0.3) is 5.91 Å². The normalized spacial score (nSPS) is 10.7. The third kappa shape index (κ3) is 5.10. The summed E-state index contributed by atoms with van der Waals surface area (Å²) in [4.78, 5) is 27.6. The van der Waals surface area contributed by atoms with Gasteiger partial charge >= 0.3 is 0 Å². The average molecular weight is 492 g/mol. The third-order valence-corrected chi connectivity index (χ3v) is 5.86. The van der Waals surface area contributed by atoms with Crippen molar-refractivity contribution in [2.24, 2.45) is 5.73 Å². The summed E-state index contributed by atoms with van der Waals surface area (Å²) >= 11 is 12.4. The molecule has 172 valence electrons. The highest BCUT2D eigenvalue weighted by Crippen LogP contribution is 2.37. The second kappa shape index (κ2) is 10.2. The Morgan fingerprint density at radius 2 is 1.70 bits per heavy atom. The van der Waals surface area contributed by atoms with Gasteiger partial charge < -0.3 is 15.5 Å². The molecule has 0 fully saturated rings. The Labute approximate surface area is 200 Å². The van der Waals surface area contributed by atoms with E-state index in [-0.39, 0.29) is 22.7 Å². The number of carbonyl (C=O) groups is 2. The van der Waals surface area contributed by atoms with Gasteiger partial charge in [-0.05, 0) is 48.0 Å². The SMILES string of the molecule is CN(CCF)c1cc(-c2cc(C(N)=O)ccc2Cl)ccc1N(C)C(=O)c1c(F)cccc1Cl. The summed E-state index contributed by atoms with van der Waals surface area (Å²) in [5.74, 6) is -2.01. The molecule has 3 aromatic rings. The van der Waals surface area contributed by atoms with E-state index >= 15 is 0 Å². The molecule has 2 N–H and O–H groups in total. The molecule has 33 heavy (non-hydrogen) atoms. The Bertz CT molecular complexity index is 1200. The van der Waals surface area contributed by atoms with Gasteiger partial charge in [-0.3, -0.25) is 9.59 Å². The van der Waals surface area contributed by atoms with Crippen molar-refractivity contribution in [2.75, 3.05) is 37.1 Å². The zero-order valence-corrected chi connectivity index (χ0v) is 19.4. The first-order valence-corrected chi connectivity index (χ1v) is 10.6. The molecule has 0 aromatic heterocycles. The van der Waals surface area contributed by atoms with Gasteiger partial charge in [-0.1, -0.05) is 35.3 Å². The molecule has 0 radical (unpaired) electrons. The Morgan fingerprint density at radius 1 is 0.970 bits per heavy atom. The van der Waals surface area contributed by atoms with Gasteiger partial charge in [0.05, 0.1) is 22.0 Å². The molecule has 0 saturated heterocycles. The number of carbonyl (C=O) groups excluding carboxylic acids is 2. The molecular formula is C24H21Cl2F2N3O2. The van der Waals surface area contributed by atoms with E-state index in [4.69, 9.17) is 28.9 Å². The Hall–Kier alpha value is -3.16. The second-order valence-corrected chi connectivity index (χ2v) is 8.15. The van der Waals surface area contributed by atoms with E-state index < -0.39 is 24.3 Å². The largest absolute Gasteiger partial charge is 0.370 e. The predicted molar refractivity (Wildman–Crippen MR) is 129 cm³/mol. The molecule has 9 heteroatoms. The molecule has 0 aliphatic carbocycles. The Morgan fingerprint density at radius 3 is 2.33 bits per heavy atom.